The number of rotatable bonds is 4. The van der Waals surface area contributed by atoms with Crippen LogP contribution in [0.15, 0.2) is 22.7 Å². The van der Waals surface area contributed by atoms with E-state index in [9.17, 15) is 4.39 Å². The number of hydrogen-bond acceptors (Lipinski definition) is 3. The molecule has 0 aliphatic carbocycles. The van der Waals surface area contributed by atoms with Gasteiger partial charge < -0.3 is 15.5 Å². The molecule has 0 heterocycles. The number of benzene rings is 1. The SMILES string of the molecule is OC[C@@H](O)CNc1cc(Br)ccc1F. The second kappa shape index (κ2) is 5.29. The van der Waals surface area contributed by atoms with Crippen LogP contribution in [0.1, 0.15) is 0 Å². The van der Waals surface area contributed by atoms with Crippen molar-refractivity contribution in [1.82, 2.24) is 0 Å². The van der Waals surface area contributed by atoms with Crippen molar-refractivity contribution in [2.24, 2.45) is 0 Å². The number of hydrogen-bond donors (Lipinski definition) is 3. The van der Waals surface area contributed by atoms with E-state index in [0.29, 0.717) is 5.69 Å². The van der Waals surface area contributed by atoms with Crippen molar-refractivity contribution >= 4 is 21.6 Å². The third kappa shape index (κ3) is 3.25. The second-order valence-electron chi connectivity index (χ2n) is 2.84. The van der Waals surface area contributed by atoms with Crippen molar-refractivity contribution in [3.8, 4) is 0 Å². The lowest BCUT2D eigenvalue weighted by Crippen LogP contribution is -2.23. The molecule has 0 amide bonds. The fourth-order valence-corrected chi connectivity index (χ4v) is 1.29. The van der Waals surface area contributed by atoms with E-state index in [1.165, 1.54) is 6.07 Å². The summed E-state index contributed by atoms with van der Waals surface area (Å²) in [5.41, 5.74) is 0.298. The molecular weight excluding hydrogens is 253 g/mol. The maximum atomic E-state index is 13.1. The van der Waals surface area contributed by atoms with E-state index in [4.69, 9.17) is 10.2 Å². The standard InChI is InChI=1S/C9H11BrFNO2/c10-6-1-2-8(11)9(3-6)12-4-7(14)5-13/h1-3,7,12-14H,4-5H2/t7-/m0/s1. The molecule has 0 aliphatic heterocycles. The minimum Gasteiger partial charge on any atom is -0.394 e. The molecule has 0 saturated carbocycles. The lowest BCUT2D eigenvalue weighted by atomic mass is 10.3. The first-order chi connectivity index (χ1) is 6.63. The monoisotopic (exact) mass is 263 g/mol. The number of anilines is 1. The molecule has 0 saturated heterocycles. The summed E-state index contributed by atoms with van der Waals surface area (Å²) in [5, 5.41) is 20.3. The maximum absolute atomic E-state index is 13.1. The Hall–Kier alpha value is -0.650. The van der Waals surface area contributed by atoms with Gasteiger partial charge in [0.15, 0.2) is 0 Å². The second-order valence-corrected chi connectivity index (χ2v) is 3.76. The van der Waals surface area contributed by atoms with Crippen molar-refractivity contribution in [2.75, 3.05) is 18.5 Å². The van der Waals surface area contributed by atoms with Gasteiger partial charge in [-0.15, -0.1) is 0 Å². The predicted molar refractivity (Wildman–Crippen MR) is 55.7 cm³/mol. The number of halogens is 2. The summed E-state index contributed by atoms with van der Waals surface area (Å²) in [7, 11) is 0. The highest BCUT2D eigenvalue weighted by molar-refractivity contribution is 9.10. The third-order valence-corrected chi connectivity index (χ3v) is 2.16. The molecule has 1 rings (SSSR count). The molecule has 1 atom stereocenters. The molecule has 0 spiro atoms. The Bertz CT molecular complexity index is 309. The van der Waals surface area contributed by atoms with Crippen molar-refractivity contribution in [3.05, 3.63) is 28.5 Å². The average Bonchev–Trinajstić information content (AvgIpc) is 2.19. The van der Waals surface area contributed by atoms with Crippen molar-refractivity contribution in [2.45, 2.75) is 6.10 Å². The van der Waals surface area contributed by atoms with Crippen molar-refractivity contribution in [1.29, 1.82) is 0 Å². The van der Waals surface area contributed by atoms with Gasteiger partial charge in [0.25, 0.3) is 0 Å². The van der Waals surface area contributed by atoms with Gasteiger partial charge in [-0.05, 0) is 18.2 Å². The topological polar surface area (TPSA) is 52.5 Å². The molecular formula is C9H11BrFNO2. The maximum Gasteiger partial charge on any atom is 0.146 e. The summed E-state index contributed by atoms with van der Waals surface area (Å²) in [5.74, 6) is -0.390. The molecule has 0 bridgehead atoms. The molecule has 3 nitrogen and oxygen atoms in total. The molecule has 0 aromatic heterocycles. The Kier molecular flexibility index (Phi) is 4.31. The zero-order valence-electron chi connectivity index (χ0n) is 7.37. The summed E-state index contributed by atoms with van der Waals surface area (Å²) in [6.07, 6.45) is -0.881. The normalized spacial score (nSPS) is 12.6. The van der Waals surface area contributed by atoms with E-state index < -0.39 is 11.9 Å². The highest BCUT2D eigenvalue weighted by atomic mass is 79.9. The number of aliphatic hydroxyl groups is 2. The first kappa shape index (κ1) is 11.4. The Labute approximate surface area is 89.7 Å². The van der Waals surface area contributed by atoms with Gasteiger partial charge in [0.05, 0.1) is 18.4 Å². The number of aliphatic hydroxyl groups excluding tert-OH is 2. The van der Waals surface area contributed by atoms with Crippen molar-refractivity contribution in [3.63, 3.8) is 0 Å². The minimum atomic E-state index is -0.881. The van der Waals surface area contributed by atoms with Crippen LogP contribution in [0, 0.1) is 5.82 Å². The van der Waals surface area contributed by atoms with Gasteiger partial charge in [-0.2, -0.15) is 0 Å². The molecule has 0 fully saturated rings. The molecule has 0 unspecified atom stereocenters. The summed E-state index contributed by atoms with van der Waals surface area (Å²) in [6, 6.07) is 4.47. The van der Waals surface area contributed by atoms with Crippen LogP contribution in [0.4, 0.5) is 10.1 Å². The molecule has 0 aliphatic rings. The van der Waals surface area contributed by atoms with E-state index in [1.54, 1.807) is 12.1 Å². The smallest absolute Gasteiger partial charge is 0.146 e. The molecule has 5 heteroatoms. The fraction of sp³-hybridized carbons (Fsp3) is 0.333. The summed E-state index contributed by atoms with van der Waals surface area (Å²) < 4.78 is 13.8. The van der Waals surface area contributed by atoms with Gasteiger partial charge in [0.1, 0.15) is 5.82 Å². The Morgan fingerprint density at radius 2 is 2.21 bits per heavy atom. The van der Waals surface area contributed by atoms with E-state index in [-0.39, 0.29) is 13.2 Å². The Balaban J connectivity index is 2.62. The van der Waals surface area contributed by atoms with Crippen LogP contribution in [0.25, 0.3) is 0 Å². The largest absolute Gasteiger partial charge is 0.394 e. The Morgan fingerprint density at radius 1 is 1.50 bits per heavy atom. The molecule has 14 heavy (non-hydrogen) atoms. The molecule has 0 radical (unpaired) electrons. The first-order valence-electron chi connectivity index (χ1n) is 4.11. The highest BCUT2D eigenvalue weighted by Gasteiger charge is 2.05. The minimum absolute atomic E-state index is 0.115. The molecule has 1 aromatic rings. The highest BCUT2D eigenvalue weighted by Crippen LogP contribution is 2.19. The lowest BCUT2D eigenvalue weighted by Gasteiger charge is -2.10. The van der Waals surface area contributed by atoms with Crippen LogP contribution in [-0.2, 0) is 0 Å². The van der Waals surface area contributed by atoms with Crippen LogP contribution in [0.2, 0.25) is 0 Å². The van der Waals surface area contributed by atoms with Gasteiger partial charge >= 0.3 is 0 Å². The molecule has 78 valence electrons. The average molecular weight is 264 g/mol. The van der Waals surface area contributed by atoms with E-state index in [0.717, 1.165) is 4.47 Å². The van der Waals surface area contributed by atoms with Crippen LogP contribution in [0.3, 0.4) is 0 Å². The van der Waals surface area contributed by atoms with Crippen LogP contribution in [0.5, 0.6) is 0 Å². The van der Waals surface area contributed by atoms with Crippen LogP contribution in [-0.4, -0.2) is 29.5 Å². The van der Waals surface area contributed by atoms with Gasteiger partial charge in [-0.1, -0.05) is 15.9 Å². The van der Waals surface area contributed by atoms with Crippen LogP contribution < -0.4 is 5.32 Å². The van der Waals surface area contributed by atoms with E-state index >= 15 is 0 Å². The lowest BCUT2D eigenvalue weighted by molar-refractivity contribution is 0.105. The van der Waals surface area contributed by atoms with Crippen LogP contribution >= 0.6 is 15.9 Å². The first-order valence-corrected chi connectivity index (χ1v) is 4.90. The van der Waals surface area contributed by atoms with Gasteiger partial charge in [-0.3, -0.25) is 0 Å². The summed E-state index contributed by atoms with van der Waals surface area (Å²) in [6.45, 7) is -0.230. The van der Waals surface area contributed by atoms with E-state index in [1.807, 2.05) is 0 Å². The number of nitrogens with one attached hydrogen (secondary N) is 1. The predicted octanol–water partition coefficient (Wildman–Crippen LogP) is 1.35. The molecule has 3 N–H and O–H groups in total. The van der Waals surface area contributed by atoms with Gasteiger partial charge in [0, 0.05) is 11.0 Å². The third-order valence-electron chi connectivity index (χ3n) is 1.67. The Morgan fingerprint density at radius 3 is 2.86 bits per heavy atom. The quantitative estimate of drug-likeness (QED) is 0.769. The van der Waals surface area contributed by atoms with Gasteiger partial charge in [-0.25, -0.2) is 4.39 Å². The zero-order chi connectivity index (χ0) is 10.6. The summed E-state index contributed by atoms with van der Waals surface area (Å²) in [4.78, 5) is 0. The molecule has 1 aromatic carbocycles. The van der Waals surface area contributed by atoms with Crippen molar-refractivity contribution < 1.29 is 14.6 Å². The zero-order valence-corrected chi connectivity index (χ0v) is 8.96. The summed E-state index contributed by atoms with van der Waals surface area (Å²) >= 11 is 3.20. The van der Waals surface area contributed by atoms with E-state index in [2.05, 4.69) is 21.2 Å². The fourth-order valence-electron chi connectivity index (χ4n) is 0.925. The van der Waals surface area contributed by atoms with Gasteiger partial charge in [0.2, 0.25) is 0 Å².